The molecule has 1 aromatic rings. The van der Waals surface area contributed by atoms with Crippen LogP contribution in [0.3, 0.4) is 0 Å². The highest BCUT2D eigenvalue weighted by atomic mass is 14.8. The van der Waals surface area contributed by atoms with Crippen molar-refractivity contribution in [3.63, 3.8) is 0 Å². The Balaban J connectivity index is 0.000000292. The van der Waals surface area contributed by atoms with Gasteiger partial charge in [-0.15, -0.1) is 0 Å². The van der Waals surface area contributed by atoms with Crippen molar-refractivity contribution in [3.8, 4) is 12.1 Å². The molecule has 1 N–H and O–H groups in total. The van der Waals surface area contributed by atoms with Crippen LogP contribution in [0.15, 0.2) is 30.3 Å². The first-order chi connectivity index (χ1) is 6.85. The Morgan fingerprint density at radius 3 is 2.07 bits per heavy atom. The predicted octanol–water partition coefficient (Wildman–Crippen LogP) is 2.54. The van der Waals surface area contributed by atoms with E-state index in [0.717, 1.165) is 6.54 Å². The van der Waals surface area contributed by atoms with Crippen LogP contribution in [-0.4, -0.2) is 6.54 Å². The maximum atomic E-state index is 7.59. The quantitative estimate of drug-likeness (QED) is 0.774. The molecule has 0 aromatic heterocycles. The Morgan fingerprint density at radius 2 is 1.71 bits per heavy atom. The normalized spacial score (nSPS) is 7.36. The summed E-state index contributed by atoms with van der Waals surface area (Å²) in [6, 6.07) is 13.5. The van der Waals surface area contributed by atoms with Gasteiger partial charge in [-0.1, -0.05) is 18.2 Å². The number of nitriles is 2. The summed E-state index contributed by atoms with van der Waals surface area (Å²) < 4.78 is 0. The zero-order valence-corrected chi connectivity index (χ0v) is 8.20. The van der Waals surface area contributed by atoms with Crippen LogP contribution in [0.4, 0.5) is 5.69 Å². The molecule has 0 saturated heterocycles. The summed E-state index contributed by atoms with van der Waals surface area (Å²) in [5, 5.41) is 18.4. The van der Waals surface area contributed by atoms with Crippen LogP contribution in [-0.2, 0) is 0 Å². The van der Waals surface area contributed by atoms with Crippen molar-refractivity contribution in [1.82, 2.24) is 0 Å². The molecule has 14 heavy (non-hydrogen) atoms. The molecule has 3 nitrogen and oxygen atoms in total. The van der Waals surface area contributed by atoms with Crippen LogP contribution in [0.5, 0.6) is 0 Å². The number of anilines is 1. The van der Waals surface area contributed by atoms with Gasteiger partial charge in [-0.2, -0.15) is 10.5 Å². The van der Waals surface area contributed by atoms with Gasteiger partial charge in [0.1, 0.15) is 6.42 Å². The topological polar surface area (TPSA) is 59.6 Å². The van der Waals surface area contributed by atoms with Crippen molar-refractivity contribution >= 4 is 5.69 Å². The summed E-state index contributed by atoms with van der Waals surface area (Å²) in [4.78, 5) is 0. The van der Waals surface area contributed by atoms with Crippen LogP contribution in [0.25, 0.3) is 0 Å². The van der Waals surface area contributed by atoms with Gasteiger partial charge in [-0.25, -0.2) is 0 Å². The van der Waals surface area contributed by atoms with Crippen LogP contribution >= 0.6 is 0 Å². The highest BCUT2D eigenvalue weighted by Crippen LogP contribution is 2.02. The van der Waals surface area contributed by atoms with Crippen LogP contribution in [0.2, 0.25) is 0 Å². The molecule has 0 aliphatic rings. The first-order valence-electron chi connectivity index (χ1n) is 4.38. The van der Waals surface area contributed by atoms with Crippen molar-refractivity contribution in [2.24, 2.45) is 0 Å². The lowest BCUT2D eigenvalue weighted by atomic mass is 10.3. The van der Waals surface area contributed by atoms with Crippen molar-refractivity contribution in [1.29, 1.82) is 10.5 Å². The van der Waals surface area contributed by atoms with E-state index < -0.39 is 0 Å². The van der Waals surface area contributed by atoms with Gasteiger partial charge in [0.15, 0.2) is 0 Å². The third-order valence-corrected chi connectivity index (χ3v) is 1.31. The maximum Gasteiger partial charge on any atom is 0.122 e. The van der Waals surface area contributed by atoms with E-state index in [1.165, 1.54) is 5.69 Å². The molecule has 0 spiro atoms. The fraction of sp³-hybridized carbons (Fsp3) is 0.273. The summed E-state index contributed by atoms with van der Waals surface area (Å²) in [5.41, 5.74) is 1.19. The van der Waals surface area contributed by atoms with E-state index >= 15 is 0 Å². The van der Waals surface area contributed by atoms with E-state index in [-0.39, 0.29) is 6.42 Å². The van der Waals surface area contributed by atoms with Gasteiger partial charge in [0.25, 0.3) is 0 Å². The van der Waals surface area contributed by atoms with Gasteiger partial charge in [-0.3, -0.25) is 0 Å². The van der Waals surface area contributed by atoms with Crippen molar-refractivity contribution in [2.45, 2.75) is 13.3 Å². The lowest BCUT2D eigenvalue weighted by molar-refractivity contribution is 1.21. The fourth-order valence-corrected chi connectivity index (χ4v) is 0.795. The maximum absolute atomic E-state index is 7.59. The molecular weight excluding hydrogens is 174 g/mol. The molecule has 0 aliphatic carbocycles. The van der Waals surface area contributed by atoms with E-state index in [1.54, 1.807) is 12.1 Å². The second-order valence-electron chi connectivity index (χ2n) is 2.39. The lowest BCUT2D eigenvalue weighted by Crippen LogP contribution is -1.94. The van der Waals surface area contributed by atoms with Gasteiger partial charge in [0, 0.05) is 12.2 Å². The molecule has 0 bridgehead atoms. The minimum atomic E-state index is 0. The molecule has 0 unspecified atom stereocenters. The summed E-state index contributed by atoms with van der Waals surface area (Å²) in [6.07, 6.45) is 0. The molecule has 0 heterocycles. The second kappa shape index (κ2) is 9.09. The first kappa shape index (κ1) is 12.0. The van der Waals surface area contributed by atoms with Crippen molar-refractivity contribution in [3.05, 3.63) is 30.3 Å². The molecule has 0 atom stereocenters. The Hall–Kier alpha value is -2.00. The summed E-state index contributed by atoms with van der Waals surface area (Å²) in [7, 11) is 0. The van der Waals surface area contributed by atoms with Gasteiger partial charge in [0.2, 0.25) is 0 Å². The molecule has 1 rings (SSSR count). The lowest BCUT2D eigenvalue weighted by Gasteiger charge is -1.99. The largest absolute Gasteiger partial charge is 0.385 e. The number of benzene rings is 1. The molecule has 72 valence electrons. The zero-order valence-electron chi connectivity index (χ0n) is 8.20. The van der Waals surface area contributed by atoms with Crippen molar-refractivity contribution in [2.75, 3.05) is 11.9 Å². The minimum Gasteiger partial charge on any atom is -0.385 e. The Bertz CT molecular complexity index is 294. The molecule has 0 amide bonds. The highest BCUT2D eigenvalue weighted by Gasteiger charge is 1.81. The van der Waals surface area contributed by atoms with E-state index in [2.05, 4.69) is 24.4 Å². The molecule has 0 saturated carbocycles. The van der Waals surface area contributed by atoms with E-state index in [4.69, 9.17) is 10.5 Å². The SMILES string of the molecule is CCNc1ccccc1.N#CCC#N. The number of nitrogens with zero attached hydrogens (tertiary/aromatic N) is 2. The molecule has 1 aromatic carbocycles. The number of para-hydroxylation sites is 1. The second-order valence-corrected chi connectivity index (χ2v) is 2.39. The van der Waals surface area contributed by atoms with E-state index in [9.17, 15) is 0 Å². The average molecular weight is 187 g/mol. The number of rotatable bonds is 2. The van der Waals surface area contributed by atoms with Gasteiger partial charge in [0.05, 0.1) is 12.1 Å². The van der Waals surface area contributed by atoms with Gasteiger partial charge < -0.3 is 5.32 Å². The Labute approximate surface area is 84.6 Å². The van der Waals surface area contributed by atoms with Crippen LogP contribution < -0.4 is 5.32 Å². The molecule has 0 radical (unpaired) electrons. The average Bonchev–Trinajstić information content (AvgIpc) is 2.22. The smallest absolute Gasteiger partial charge is 0.122 e. The zero-order chi connectivity index (χ0) is 10.6. The van der Waals surface area contributed by atoms with Crippen LogP contribution in [0.1, 0.15) is 13.3 Å². The van der Waals surface area contributed by atoms with Gasteiger partial charge in [-0.05, 0) is 19.1 Å². The van der Waals surface area contributed by atoms with E-state index in [0.29, 0.717) is 0 Å². The Kier molecular flexibility index (Phi) is 7.79. The first-order valence-corrected chi connectivity index (χ1v) is 4.38. The number of hydrogen-bond acceptors (Lipinski definition) is 3. The minimum absolute atomic E-state index is 0. The summed E-state index contributed by atoms with van der Waals surface area (Å²) >= 11 is 0. The summed E-state index contributed by atoms with van der Waals surface area (Å²) in [6.45, 7) is 3.08. The molecule has 3 heteroatoms. The standard InChI is InChI=1S/C8H11N.C3H2N2/c1-2-9-8-6-4-3-5-7-8;4-2-1-3-5/h3-7,9H,2H2,1H3;1H2. The monoisotopic (exact) mass is 187 g/mol. The molecule has 0 aliphatic heterocycles. The number of nitrogens with one attached hydrogen (secondary N) is 1. The molecule has 0 fully saturated rings. The third kappa shape index (κ3) is 6.69. The third-order valence-electron chi connectivity index (χ3n) is 1.31. The predicted molar refractivity (Wildman–Crippen MR) is 56.4 cm³/mol. The van der Waals surface area contributed by atoms with Crippen LogP contribution in [0, 0.1) is 22.7 Å². The van der Waals surface area contributed by atoms with E-state index in [1.807, 2.05) is 18.2 Å². The number of hydrogen-bond donors (Lipinski definition) is 1. The van der Waals surface area contributed by atoms with Crippen molar-refractivity contribution < 1.29 is 0 Å². The Morgan fingerprint density at radius 1 is 1.14 bits per heavy atom. The van der Waals surface area contributed by atoms with Gasteiger partial charge >= 0.3 is 0 Å². The summed E-state index contributed by atoms with van der Waals surface area (Å²) in [5.74, 6) is 0. The molecular formula is C11H13N3. The fourth-order valence-electron chi connectivity index (χ4n) is 0.795. The highest BCUT2D eigenvalue weighted by molar-refractivity contribution is 5.41.